The van der Waals surface area contributed by atoms with Crippen LogP contribution in [0, 0.1) is 10.1 Å². The van der Waals surface area contributed by atoms with Gasteiger partial charge in [-0.05, 0) is 0 Å². The summed E-state index contributed by atoms with van der Waals surface area (Å²) in [7, 11) is 0. The van der Waals surface area contributed by atoms with Crippen LogP contribution in [0.2, 0.25) is 0 Å². The lowest BCUT2D eigenvalue weighted by atomic mass is 10.1. The number of hydrogen-bond acceptors (Lipinski definition) is 6. The quantitative estimate of drug-likeness (QED) is 0.470. The zero-order valence-corrected chi connectivity index (χ0v) is 8.90. The molecule has 6 nitrogen and oxygen atoms in total. The molecule has 1 aromatic heterocycles. The van der Waals surface area contributed by atoms with E-state index in [9.17, 15) is 10.1 Å². The standard InChI is InChI=1S/C9H8N4O2S/c10-7-2-5(13(14)15)1-6(9(7)11)8-3-16-4-12-8/h1-4H,10-11H2. The second-order valence-corrected chi connectivity index (χ2v) is 3.85. The van der Waals surface area contributed by atoms with Gasteiger partial charge in [-0.15, -0.1) is 11.3 Å². The second-order valence-electron chi connectivity index (χ2n) is 3.13. The fourth-order valence-corrected chi connectivity index (χ4v) is 1.87. The van der Waals surface area contributed by atoms with E-state index >= 15 is 0 Å². The van der Waals surface area contributed by atoms with E-state index in [0.717, 1.165) is 0 Å². The van der Waals surface area contributed by atoms with Crippen LogP contribution in [0.15, 0.2) is 23.0 Å². The highest BCUT2D eigenvalue weighted by Gasteiger charge is 2.15. The van der Waals surface area contributed by atoms with Crippen molar-refractivity contribution in [2.45, 2.75) is 0 Å². The highest BCUT2D eigenvalue weighted by atomic mass is 32.1. The Kier molecular flexibility index (Phi) is 2.45. The largest absolute Gasteiger partial charge is 0.397 e. The zero-order valence-electron chi connectivity index (χ0n) is 8.08. The molecule has 0 unspecified atom stereocenters. The molecule has 2 rings (SSSR count). The van der Waals surface area contributed by atoms with Gasteiger partial charge in [0.25, 0.3) is 5.69 Å². The molecular weight excluding hydrogens is 228 g/mol. The van der Waals surface area contributed by atoms with Crippen molar-refractivity contribution >= 4 is 28.4 Å². The summed E-state index contributed by atoms with van der Waals surface area (Å²) in [6.45, 7) is 0. The number of non-ortho nitro benzene ring substituents is 1. The second kappa shape index (κ2) is 3.78. The highest BCUT2D eigenvalue weighted by Crippen LogP contribution is 2.34. The van der Waals surface area contributed by atoms with Gasteiger partial charge in [-0.1, -0.05) is 0 Å². The molecule has 0 amide bonds. The maximum Gasteiger partial charge on any atom is 0.272 e. The molecular formula is C9H8N4O2S. The Morgan fingerprint density at radius 2 is 2.12 bits per heavy atom. The number of hydrogen-bond donors (Lipinski definition) is 2. The average Bonchev–Trinajstić information content (AvgIpc) is 2.74. The van der Waals surface area contributed by atoms with Crippen LogP contribution in [0.4, 0.5) is 17.1 Å². The molecule has 0 aliphatic heterocycles. The first-order chi connectivity index (χ1) is 7.59. The van der Waals surface area contributed by atoms with Crippen molar-refractivity contribution in [3.05, 3.63) is 33.1 Å². The van der Waals surface area contributed by atoms with E-state index in [2.05, 4.69) is 4.98 Å². The molecule has 2 aromatic rings. The minimum atomic E-state index is -0.508. The summed E-state index contributed by atoms with van der Waals surface area (Å²) in [6.07, 6.45) is 0. The van der Waals surface area contributed by atoms with E-state index in [1.807, 2.05) is 0 Å². The average molecular weight is 236 g/mol. The predicted octanol–water partition coefficient (Wildman–Crippen LogP) is 1.88. The van der Waals surface area contributed by atoms with Crippen LogP contribution >= 0.6 is 11.3 Å². The molecule has 7 heteroatoms. The topological polar surface area (TPSA) is 108 Å². The van der Waals surface area contributed by atoms with Gasteiger partial charge in [-0.3, -0.25) is 10.1 Å². The van der Waals surface area contributed by atoms with E-state index in [1.165, 1.54) is 23.5 Å². The predicted molar refractivity (Wildman–Crippen MR) is 63.0 cm³/mol. The van der Waals surface area contributed by atoms with Gasteiger partial charge >= 0.3 is 0 Å². The third-order valence-corrected chi connectivity index (χ3v) is 2.70. The summed E-state index contributed by atoms with van der Waals surface area (Å²) in [5, 5.41) is 12.4. The molecule has 82 valence electrons. The fraction of sp³-hybridized carbons (Fsp3) is 0. The monoisotopic (exact) mass is 236 g/mol. The van der Waals surface area contributed by atoms with Gasteiger partial charge < -0.3 is 11.5 Å². The molecule has 0 radical (unpaired) electrons. The minimum absolute atomic E-state index is 0.0882. The van der Waals surface area contributed by atoms with E-state index in [4.69, 9.17) is 11.5 Å². The van der Waals surface area contributed by atoms with Crippen molar-refractivity contribution in [3.8, 4) is 11.3 Å². The number of nitro benzene ring substituents is 1. The van der Waals surface area contributed by atoms with Crippen molar-refractivity contribution in [2.75, 3.05) is 11.5 Å². The van der Waals surface area contributed by atoms with Crippen molar-refractivity contribution in [2.24, 2.45) is 0 Å². The molecule has 0 bridgehead atoms. The van der Waals surface area contributed by atoms with Crippen LogP contribution in [0.1, 0.15) is 0 Å². The van der Waals surface area contributed by atoms with E-state index in [0.29, 0.717) is 16.9 Å². The molecule has 0 spiro atoms. The molecule has 0 saturated carbocycles. The van der Waals surface area contributed by atoms with Gasteiger partial charge in [0.05, 0.1) is 27.5 Å². The summed E-state index contributed by atoms with van der Waals surface area (Å²) in [5.74, 6) is 0. The fourth-order valence-electron chi connectivity index (χ4n) is 1.32. The summed E-state index contributed by atoms with van der Waals surface area (Å²) >= 11 is 1.39. The van der Waals surface area contributed by atoms with Crippen LogP contribution in [-0.2, 0) is 0 Å². The number of aromatic nitrogens is 1. The SMILES string of the molecule is Nc1cc([N+](=O)[O-])cc(-c2cscn2)c1N. The summed E-state index contributed by atoms with van der Waals surface area (Å²) in [4.78, 5) is 14.2. The molecule has 0 saturated heterocycles. The zero-order chi connectivity index (χ0) is 11.7. The number of anilines is 2. The first-order valence-corrected chi connectivity index (χ1v) is 5.26. The van der Waals surface area contributed by atoms with Gasteiger partial charge in [0, 0.05) is 23.1 Å². The maximum atomic E-state index is 10.7. The van der Waals surface area contributed by atoms with Crippen molar-refractivity contribution in [1.82, 2.24) is 4.98 Å². The minimum Gasteiger partial charge on any atom is -0.397 e. The molecule has 1 heterocycles. The molecule has 0 aliphatic carbocycles. The number of thiazole rings is 1. The third kappa shape index (κ3) is 1.68. The lowest BCUT2D eigenvalue weighted by Gasteiger charge is -2.05. The van der Waals surface area contributed by atoms with Crippen LogP contribution in [0.3, 0.4) is 0 Å². The summed E-state index contributed by atoms with van der Waals surface area (Å²) in [6, 6.07) is 2.62. The van der Waals surface area contributed by atoms with Gasteiger partial charge in [0.15, 0.2) is 0 Å². The Hall–Kier alpha value is -2.15. The molecule has 0 aliphatic rings. The lowest BCUT2D eigenvalue weighted by Crippen LogP contribution is -2.00. The Balaban J connectivity index is 2.65. The van der Waals surface area contributed by atoms with Crippen molar-refractivity contribution in [3.63, 3.8) is 0 Å². The number of nitro groups is 1. The van der Waals surface area contributed by atoms with Crippen LogP contribution in [-0.4, -0.2) is 9.91 Å². The Labute approximate surface area is 94.7 Å². The normalized spacial score (nSPS) is 10.2. The van der Waals surface area contributed by atoms with Gasteiger partial charge in [-0.25, -0.2) is 4.98 Å². The smallest absolute Gasteiger partial charge is 0.272 e. The maximum absolute atomic E-state index is 10.7. The van der Waals surface area contributed by atoms with Crippen LogP contribution in [0.5, 0.6) is 0 Å². The number of nitrogens with zero attached hydrogens (tertiary/aromatic N) is 2. The number of benzene rings is 1. The van der Waals surface area contributed by atoms with E-state index < -0.39 is 4.92 Å². The van der Waals surface area contributed by atoms with Gasteiger partial charge in [-0.2, -0.15) is 0 Å². The molecule has 0 fully saturated rings. The molecule has 1 aromatic carbocycles. The highest BCUT2D eigenvalue weighted by molar-refractivity contribution is 7.07. The molecule has 0 atom stereocenters. The van der Waals surface area contributed by atoms with E-state index in [1.54, 1.807) is 10.9 Å². The summed E-state index contributed by atoms with van der Waals surface area (Å²) < 4.78 is 0. The van der Waals surface area contributed by atoms with Gasteiger partial charge in [0.2, 0.25) is 0 Å². The molecule has 16 heavy (non-hydrogen) atoms. The lowest BCUT2D eigenvalue weighted by molar-refractivity contribution is -0.384. The first-order valence-electron chi connectivity index (χ1n) is 4.31. The Bertz CT molecular complexity index is 539. The Morgan fingerprint density at radius 3 is 2.69 bits per heavy atom. The van der Waals surface area contributed by atoms with Crippen molar-refractivity contribution in [1.29, 1.82) is 0 Å². The van der Waals surface area contributed by atoms with Crippen LogP contribution in [0.25, 0.3) is 11.3 Å². The Morgan fingerprint density at radius 1 is 1.38 bits per heavy atom. The third-order valence-electron chi connectivity index (χ3n) is 2.12. The number of nitrogen functional groups attached to an aromatic ring is 2. The van der Waals surface area contributed by atoms with E-state index in [-0.39, 0.29) is 11.4 Å². The molecule has 4 N–H and O–H groups in total. The van der Waals surface area contributed by atoms with Crippen LogP contribution < -0.4 is 11.5 Å². The van der Waals surface area contributed by atoms with Crippen molar-refractivity contribution < 1.29 is 4.92 Å². The van der Waals surface area contributed by atoms with Gasteiger partial charge in [0.1, 0.15) is 0 Å². The number of rotatable bonds is 2. The number of nitrogens with two attached hydrogens (primary N) is 2. The first kappa shape index (κ1) is 10.4. The summed E-state index contributed by atoms with van der Waals surface area (Å²) in [5.41, 5.74) is 14.5.